The smallest absolute Gasteiger partial charge is 0.265 e. The molecule has 0 bridgehead atoms. The maximum Gasteiger partial charge on any atom is 0.265 e. The van der Waals surface area contributed by atoms with Gasteiger partial charge < -0.3 is 0 Å². The Labute approximate surface area is 168 Å². The minimum atomic E-state index is -3.82. The number of hydrazine groups is 1. The van der Waals surface area contributed by atoms with Crippen LogP contribution in [-0.4, -0.2) is 26.8 Å². The molecule has 1 aliphatic heterocycles. The molecule has 0 unspecified atom stereocenters. The molecule has 0 aliphatic carbocycles. The Hall–Kier alpha value is -3.39. The van der Waals surface area contributed by atoms with Crippen molar-refractivity contribution in [3.8, 4) is 0 Å². The van der Waals surface area contributed by atoms with Crippen molar-refractivity contribution >= 4 is 38.3 Å². The van der Waals surface area contributed by atoms with Gasteiger partial charge in [0.1, 0.15) is 6.54 Å². The van der Waals surface area contributed by atoms with Gasteiger partial charge in [0, 0.05) is 5.39 Å². The molecule has 4 rings (SSSR count). The van der Waals surface area contributed by atoms with Gasteiger partial charge in [0.15, 0.2) is 0 Å². The summed E-state index contributed by atoms with van der Waals surface area (Å²) in [4.78, 5) is 24.5. The first kappa shape index (κ1) is 18.9. The lowest BCUT2D eigenvalue weighted by atomic mass is 10.1. The lowest BCUT2D eigenvalue weighted by Crippen LogP contribution is -2.47. The van der Waals surface area contributed by atoms with E-state index in [1.54, 1.807) is 18.2 Å². The molecule has 0 spiro atoms. The summed E-state index contributed by atoms with van der Waals surface area (Å²) in [5.41, 5.74) is 6.98. The number of nitrogens with one attached hydrogen (secondary N) is 2. The zero-order valence-electron chi connectivity index (χ0n) is 15.7. The van der Waals surface area contributed by atoms with Crippen LogP contribution in [0.2, 0.25) is 0 Å². The number of rotatable bonds is 4. The minimum Gasteiger partial charge on any atom is -0.273 e. The number of nitrogens with zero attached hydrogens (tertiary/aromatic N) is 1. The summed E-state index contributed by atoms with van der Waals surface area (Å²) in [7, 11) is -3.82. The van der Waals surface area contributed by atoms with Crippen LogP contribution in [0.3, 0.4) is 0 Å². The van der Waals surface area contributed by atoms with E-state index in [2.05, 4.69) is 10.9 Å². The third-order valence-electron chi connectivity index (χ3n) is 4.80. The molecular formula is C21H19N3O4S. The van der Waals surface area contributed by atoms with Gasteiger partial charge in [-0.3, -0.25) is 24.7 Å². The molecule has 1 aliphatic rings. The third-order valence-corrected chi connectivity index (χ3v) is 6.60. The number of aryl methyl sites for hydroxylation is 1. The van der Waals surface area contributed by atoms with E-state index in [1.807, 2.05) is 43.3 Å². The van der Waals surface area contributed by atoms with Crippen LogP contribution in [0.4, 0.5) is 5.69 Å². The van der Waals surface area contributed by atoms with Crippen molar-refractivity contribution < 1.29 is 18.0 Å². The van der Waals surface area contributed by atoms with E-state index in [9.17, 15) is 18.0 Å². The fourth-order valence-corrected chi connectivity index (χ4v) is 5.04. The van der Waals surface area contributed by atoms with Crippen LogP contribution < -0.4 is 15.2 Å². The van der Waals surface area contributed by atoms with Gasteiger partial charge in [-0.05, 0) is 30.0 Å². The normalized spacial score (nSPS) is 14.0. The molecule has 2 N–H and O–H groups in total. The molecule has 0 saturated carbocycles. The van der Waals surface area contributed by atoms with Crippen LogP contribution in [0.25, 0.3) is 10.8 Å². The second-order valence-electron chi connectivity index (χ2n) is 6.90. The second kappa shape index (κ2) is 7.21. The molecule has 0 saturated heterocycles. The van der Waals surface area contributed by atoms with Crippen molar-refractivity contribution in [2.75, 3.05) is 10.8 Å². The fourth-order valence-electron chi connectivity index (χ4n) is 3.37. The molecular weight excluding hydrogens is 390 g/mol. The number of hydrogen-bond acceptors (Lipinski definition) is 4. The van der Waals surface area contributed by atoms with Crippen molar-refractivity contribution in [1.82, 2.24) is 10.9 Å². The Morgan fingerprint density at radius 2 is 1.55 bits per heavy atom. The monoisotopic (exact) mass is 409 g/mol. The number of carbonyl (C=O) groups is 2. The number of amides is 2. The van der Waals surface area contributed by atoms with Crippen molar-refractivity contribution in [2.24, 2.45) is 0 Å². The number of sulfonamides is 1. The van der Waals surface area contributed by atoms with Gasteiger partial charge in [-0.1, -0.05) is 54.1 Å². The maximum atomic E-state index is 12.9. The molecule has 3 aromatic carbocycles. The van der Waals surface area contributed by atoms with Crippen molar-refractivity contribution in [1.29, 1.82) is 0 Å². The highest BCUT2D eigenvalue weighted by molar-refractivity contribution is 7.93. The largest absolute Gasteiger partial charge is 0.273 e. The predicted octanol–water partition coefficient (Wildman–Crippen LogP) is 2.05. The van der Waals surface area contributed by atoms with E-state index in [0.29, 0.717) is 11.1 Å². The molecule has 0 aromatic heterocycles. The Bertz CT molecular complexity index is 1220. The summed E-state index contributed by atoms with van der Waals surface area (Å²) >= 11 is 0. The quantitative estimate of drug-likeness (QED) is 0.645. The first-order valence-electron chi connectivity index (χ1n) is 9.04. The molecule has 2 amide bonds. The summed E-state index contributed by atoms with van der Waals surface area (Å²) in [6.45, 7) is 1.52. The highest BCUT2D eigenvalue weighted by Crippen LogP contribution is 2.41. The third kappa shape index (κ3) is 3.54. The van der Waals surface area contributed by atoms with Gasteiger partial charge in [0.2, 0.25) is 5.91 Å². The molecule has 8 heteroatoms. The Balaban J connectivity index is 1.43. The molecule has 7 nitrogen and oxygen atoms in total. The lowest BCUT2D eigenvalue weighted by Gasteiger charge is -2.18. The average Bonchev–Trinajstić information content (AvgIpc) is 2.92. The molecule has 148 valence electrons. The van der Waals surface area contributed by atoms with Crippen molar-refractivity contribution in [3.05, 3.63) is 71.8 Å². The van der Waals surface area contributed by atoms with E-state index >= 15 is 0 Å². The van der Waals surface area contributed by atoms with Crippen molar-refractivity contribution in [3.63, 3.8) is 0 Å². The first-order chi connectivity index (χ1) is 13.9. The Kier molecular flexibility index (Phi) is 4.71. The summed E-state index contributed by atoms with van der Waals surface area (Å²) in [6, 6.07) is 17.7. The first-order valence-corrected chi connectivity index (χ1v) is 10.5. The van der Waals surface area contributed by atoms with Crippen LogP contribution in [0.15, 0.2) is 65.6 Å². The summed E-state index contributed by atoms with van der Waals surface area (Å²) in [5, 5.41) is 1.39. The van der Waals surface area contributed by atoms with E-state index in [4.69, 9.17) is 0 Å². The summed E-state index contributed by atoms with van der Waals surface area (Å²) < 4.78 is 26.8. The standard InChI is InChI=1S/C21H19N3O4S/c1-14-8-10-15(11-9-14)12-19(25)22-23-20(26)13-24-17-6-2-4-16-5-3-7-18(21(16)17)29(24,27)28/h2-11H,12-13H2,1H3,(H,22,25)(H,23,26). The van der Waals surface area contributed by atoms with Gasteiger partial charge in [0.25, 0.3) is 15.9 Å². The summed E-state index contributed by atoms with van der Waals surface area (Å²) in [6.07, 6.45) is 0.104. The molecule has 0 radical (unpaired) electrons. The number of hydrogen-bond donors (Lipinski definition) is 2. The SMILES string of the molecule is Cc1ccc(CC(=O)NNC(=O)CN2c3cccc4cccc(c34)S2(=O)=O)cc1. The maximum absolute atomic E-state index is 12.9. The zero-order valence-corrected chi connectivity index (χ0v) is 16.5. The highest BCUT2D eigenvalue weighted by Gasteiger charge is 2.36. The predicted molar refractivity (Wildman–Crippen MR) is 110 cm³/mol. The number of anilines is 1. The molecule has 3 aromatic rings. The highest BCUT2D eigenvalue weighted by atomic mass is 32.2. The van der Waals surface area contributed by atoms with Crippen LogP contribution in [0.1, 0.15) is 11.1 Å². The van der Waals surface area contributed by atoms with E-state index in [-0.39, 0.29) is 11.3 Å². The molecule has 1 heterocycles. The fraction of sp³-hybridized carbons (Fsp3) is 0.143. The number of benzene rings is 3. The average molecular weight is 409 g/mol. The lowest BCUT2D eigenvalue weighted by molar-refractivity contribution is -0.127. The van der Waals surface area contributed by atoms with Gasteiger partial charge in [-0.15, -0.1) is 0 Å². The van der Waals surface area contributed by atoms with Gasteiger partial charge in [-0.25, -0.2) is 8.42 Å². The molecule has 0 fully saturated rings. The van der Waals surface area contributed by atoms with Gasteiger partial charge >= 0.3 is 0 Å². The van der Waals surface area contributed by atoms with E-state index < -0.39 is 28.4 Å². The van der Waals surface area contributed by atoms with Crippen molar-refractivity contribution in [2.45, 2.75) is 18.2 Å². The van der Waals surface area contributed by atoms with Gasteiger partial charge in [-0.2, -0.15) is 0 Å². The minimum absolute atomic E-state index is 0.104. The van der Waals surface area contributed by atoms with Crippen LogP contribution in [-0.2, 0) is 26.0 Å². The zero-order chi connectivity index (χ0) is 20.6. The van der Waals surface area contributed by atoms with Gasteiger partial charge in [0.05, 0.1) is 17.0 Å². The van der Waals surface area contributed by atoms with Crippen LogP contribution in [0, 0.1) is 6.92 Å². The topological polar surface area (TPSA) is 95.6 Å². The molecule has 0 atom stereocenters. The second-order valence-corrected chi connectivity index (χ2v) is 8.73. The summed E-state index contributed by atoms with van der Waals surface area (Å²) in [5.74, 6) is -1.02. The number of carbonyl (C=O) groups excluding carboxylic acids is 2. The van der Waals surface area contributed by atoms with Crippen LogP contribution >= 0.6 is 0 Å². The Morgan fingerprint density at radius 3 is 2.28 bits per heavy atom. The van der Waals surface area contributed by atoms with Crippen LogP contribution in [0.5, 0.6) is 0 Å². The molecule has 29 heavy (non-hydrogen) atoms. The van der Waals surface area contributed by atoms with E-state index in [0.717, 1.165) is 20.8 Å². The Morgan fingerprint density at radius 1 is 0.897 bits per heavy atom. The van der Waals surface area contributed by atoms with E-state index in [1.165, 1.54) is 6.07 Å².